The van der Waals surface area contributed by atoms with Gasteiger partial charge in [-0.05, 0) is 23.6 Å². The van der Waals surface area contributed by atoms with E-state index >= 15 is 0 Å². The average molecular weight is 331 g/mol. The van der Waals surface area contributed by atoms with Crippen molar-refractivity contribution in [3.63, 3.8) is 0 Å². The largest absolute Gasteiger partial charge is 0.396 e. The quantitative estimate of drug-likeness (QED) is 0.649. The fraction of sp³-hybridized carbons (Fsp3) is 0.250. The first-order valence-electron chi connectivity index (χ1n) is 7.11. The van der Waals surface area contributed by atoms with E-state index < -0.39 is 0 Å². The van der Waals surface area contributed by atoms with Gasteiger partial charge in [-0.25, -0.2) is 9.97 Å². The fourth-order valence-corrected chi connectivity index (χ4v) is 3.37. The van der Waals surface area contributed by atoms with E-state index in [4.69, 9.17) is 10.1 Å². The molecule has 0 saturated heterocycles. The first-order valence-corrected chi connectivity index (χ1v) is 9.15. The average Bonchev–Trinajstić information content (AvgIpc) is 3.09. The Balaban J connectivity index is 1.86. The van der Waals surface area contributed by atoms with E-state index in [1.165, 1.54) is 0 Å². The molecule has 114 valence electrons. The molecule has 0 radical (unpaired) electrons. The number of para-hydroxylation sites is 1. The van der Waals surface area contributed by atoms with Gasteiger partial charge >= 0.3 is 0 Å². The minimum absolute atomic E-state index is 0.226. The number of aliphatic hydroxyl groups excluding tert-OH is 1. The molecule has 2 N–H and O–H groups in total. The summed E-state index contributed by atoms with van der Waals surface area (Å²) in [6.07, 6.45) is 0. The summed E-state index contributed by atoms with van der Waals surface area (Å²) in [7, 11) is 0. The third-order valence-corrected chi connectivity index (χ3v) is 4.95. The minimum Gasteiger partial charge on any atom is -0.396 e. The molecule has 0 fully saturated rings. The van der Waals surface area contributed by atoms with Crippen LogP contribution in [-0.4, -0.2) is 39.7 Å². The zero-order chi connectivity index (χ0) is 15.2. The Morgan fingerprint density at radius 2 is 2.00 bits per heavy atom. The molecule has 3 rings (SSSR count). The first kappa shape index (κ1) is 15.3. The molecule has 0 saturated carbocycles. The van der Waals surface area contributed by atoms with Crippen molar-refractivity contribution in [2.24, 2.45) is 0 Å². The second-order valence-electron chi connectivity index (χ2n) is 4.65. The molecular weight excluding hydrogens is 314 g/mol. The lowest BCUT2D eigenvalue weighted by atomic mass is 10.2. The van der Waals surface area contributed by atoms with E-state index in [9.17, 15) is 0 Å². The molecule has 0 aliphatic heterocycles. The van der Waals surface area contributed by atoms with Gasteiger partial charge in [0, 0.05) is 23.4 Å². The summed E-state index contributed by atoms with van der Waals surface area (Å²) in [5, 5.41) is 15.3. The maximum absolute atomic E-state index is 8.81. The van der Waals surface area contributed by atoms with E-state index in [2.05, 4.69) is 10.3 Å². The van der Waals surface area contributed by atoms with Crippen molar-refractivity contribution in [2.45, 2.75) is 0 Å². The van der Waals surface area contributed by atoms with E-state index in [1.807, 2.05) is 41.8 Å². The van der Waals surface area contributed by atoms with Gasteiger partial charge < -0.3 is 10.4 Å². The van der Waals surface area contributed by atoms with Crippen LogP contribution in [0.3, 0.4) is 0 Å². The summed E-state index contributed by atoms with van der Waals surface area (Å²) in [5.74, 6) is 3.35. The molecule has 2 heterocycles. The number of aliphatic hydroxyl groups is 1. The van der Waals surface area contributed by atoms with Crippen molar-refractivity contribution < 1.29 is 5.11 Å². The smallest absolute Gasteiger partial charge is 0.172 e. The van der Waals surface area contributed by atoms with Crippen LogP contribution in [0.1, 0.15) is 0 Å². The van der Waals surface area contributed by atoms with Crippen molar-refractivity contribution in [3.8, 4) is 10.7 Å². The maximum atomic E-state index is 8.81. The monoisotopic (exact) mass is 331 g/mol. The molecule has 2 aromatic heterocycles. The zero-order valence-corrected chi connectivity index (χ0v) is 13.7. The van der Waals surface area contributed by atoms with Gasteiger partial charge in [0.15, 0.2) is 5.82 Å². The summed E-state index contributed by atoms with van der Waals surface area (Å²) in [5.41, 5.74) is 0.950. The number of aromatic nitrogens is 2. The number of thioether (sulfide) groups is 1. The highest BCUT2D eigenvalue weighted by Crippen LogP contribution is 2.27. The van der Waals surface area contributed by atoms with Crippen LogP contribution in [-0.2, 0) is 0 Å². The Morgan fingerprint density at radius 3 is 2.82 bits per heavy atom. The number of thiophene rings is 1. The molecule has 0 atom stereocenters. The van der Waals surface area contributed by atoms with Crippen LogP contribution in [0.15, 0.2) is 41.8 Å². The normalized spacial score (nSPS) is 11.0. The van der Waals surface area contributed by atoms with Gasteiger partial charge in [-0.2, -0.15) is 11.8 Å². The highest BCUT2D eigenvalue weighted by Gasteiger charge is 2.09. The van der Waals surface area contributed by atoms with E-state index in [1.54, 1.807) is 23.1 Å². The molecular formula is C16H17N3OS2. The Labute approximate surface area is 137 Å². The van der Waals surface area contributed by atoms with Crippen molar-refractivity contribution in [1.82, 2.24) is 9.97 Å². The number of fused-ring (bicyclic) bond motifs is 1. The van der Waals surface area contributed by atoms with Gasteiger partial charge in [0.05, 0.1) is 17.0 Å². The molecule has 6 heteroatoms. The van der Waals surface area contributed by atoms with Gasteiger partial charge in [0.1, 0.15) is 5.82 Å². The van der Waals surface area contributed by atoms with Crippen molar-refractivity contribution in [2.75, 3.05) is 30.0 Å². The Morgan fingerprint density at radius 1 is 1.09 bits per heavy atom. The number of nitrogens with one attached hydrogen (secondary N) is 1. The van der Waals surface area contributed by atoms with Crippen molar-refractivity contribution >= 4 is 39.8 Å². The molecule has 22 heavy (non-hydrogen) atoms. The molecule has 0 amide bonds. The standard InChI is InChI=1S/C16H17N3OS2/c20-8-11-21-10-7-17-15-12-4-1-2-5-13(12)18-16(19-15)14-6-3-9-22-14/h1-6,9,20H,7-8,10-11H2,(H,17,18,19). The summed E-state index contributed by atoms with van der Waals surface area (Å²) in [6, 6.07) is 12.1. The number of nitrogens with zero attached hydrogens (tertiary/aromatic N) is 2. The molecule has 4 nitrogen and oxygen atoms in total. The highest BCUT2D eigenvalue weighted by atomic mass is 32.2. The first-order chi connectivity index (χ1) is 10.9. The molecule has 0 aliphatic carbocycles. The summed E-state index contributed by atoms with van der Waals surface area (Å²) >= 11 is 3.37. The third-order valence-electron chi connectivity index (χ3n) is 3.12. The van der Waals surface area contributed by atoms with Crippen LogP contribution in [0.2, 0.25) is 0 Å². The second-order valence-corrected chi connectivity index (χ2v) is 6.83. The Bertz CT molecular complexity index is 731. The molecule has 0 spiro atoms. The van der Waals surface area contributed by atoms with Crippen LogP contribution < -0.4 is 5.32 Å². The topological polar surface area (TPSA) is 58.0 Å². The number of anilines is 1. The van der Waals surface area contributed by atoms with Crippen LogP contribution in [0.5, 0.6) is 0 Å². The summed E-state index contributed by atoms with van der Waals surface area (Å²) < 4.78 is 0. The van der Waals surface area contributed by atoms with Crippen LogP contribution in [0.25, 0.3) is 21.6 Å². The predicted octanol–water partition coefficient (Wildman–Crippen LogP) is 3.50. The molecule has 1 aromatic carbocycles. The summed E-state index contributed by atoms with van der Waals surface area (Å²) in [6.45, 7) is 1.04. The maximum Gasteiger partial charge on any atom is 0.172 e. The molecule has 0 aliphatic rings. The van der Waals surface area contributed by atoms with Crippen LogP contribution in [0, 0.1) is 0 Å². The molecule has 3 aromatic rings. The summed E-state index contributed by atoms with van der Waals surface area (Å²) in [4.78, 5) is 10.4. The number of benzene rings is 1. The van der Waals surface area contributed by atoms with E-state index in [0.29, 0.717) is 0 Å². The molecule has 0 unspecified atom stereocenters. The van der Waals surface area contributed by atoms with Crippen LogP contribution >= 0.6 is 23.1 Å². The predicted molar refractivity (Wildman–Crippen MR) is 95.8 cm³/mol. The lowest BCUT2D eigenvalue weighted by Gasteiger charge is -2.10. The van der Waals surface area contributed by atoms with Crippen molar-refractivity contribution in [3.05, 3.63) is 41.8 Å². The van der Waals surface area contributed by atoms with Gasteiger partial charge in [-0.1, -0.05) is 18.2 Å². The zero-order valence-electron chi connectivity index (χ0n) is 12.0. The Kier molecular flexibility index (Phi) is 5.26. The van der Waals surface area contributed by atoms with E-state index in [-0.39, 0.29) is 6.61 Å². The second kappa shape index (κ2) is 7.58. The molecule has 0 bridgehead atoms. The highest BCUT2D eigenvalue weighted by molar-refractivity contribution is 7.99. The minimum atomic E-state index is 0.226. The number of hydrogen-bond donors (Lipinski definition) is 2. The van der Waals surface area contributed by atoms with Gasteiger partial charge in [0.2, 0.25) is 0 Å². The number of rotatable bonds is 7. The lowest BCUT2D eigenvalue weighted by Crippen LogP contribution is -2.08. The van der Waals surface area contributed by atoms with Crippen LogP contribution in [0.4, 0.5) is 5.82 Å². The SMILES string of the molecule is OCCSCCNc1nc(-c2cccs2)nc2ccccc12. The van der Waals surface area contributed by atoms with E-state index in [0.717, 1.165) is 45.5 Å². The Hall–Kier alpha value is -1.63. The number of hydrogen-bond acceptors (Lipinski definition) is 6. The lowest BCUT2D eigenvalue weighted by molar-refractivity contribution is 0.322. The van der Waals surface area contributed by atoms with Crippen molar-refractivity contribution in [1.29, 1.82) is 0 Å². The van der Waals surface area contributed by atoms with Gasteiger partial charge in [-0.15, -0.1) is 11.3 Å². The third kappa shape index (κ3) is 3.58. The van der Waals surface area contributed by atoms with Gasteiger partial charge in [0.25, 0.3) is 0 Å². The fourth-order valence-electron chi connectivity index (χ4n) is 2.14. The van der Waals surface area contributed by atoms with Gasteiger partial charge in [-0.3, -0.25) is 0 Å².